The summed E-state index contributed by atoms with van der Waals surface area (Å²) >= 11 is 0. The molecule has 0 amide bonds. The Bertz CT molecular complexity index is 740. The van der Waals surface area contributed by atoms with Gasteiger partial charge in [-0.2, -0.15) is 0 Å². The van der Waals surface area contributed by atoms with E-state index in [1.807, 2.05) is 0 Å². The number of rotatable bonds is 2. The molecule has 1 atom stereocenters. The predicted octanol–water partition coefficient (Wildman–Crippen LogP) is 1.76. The molecular weight excluding hydrogens is 247 g/mol. The van der Waals surface area contributed by atoms with Gasteiger partial charge in [0.2, 0.25) is 0 Å². The van der Waals surface area contributed by atoms with Crippen molar-refractivity contribution in [2.45, 2.75) is 6.10 Å². The lowest BCUT2D eigenvalue weighted by molar-refractivity contribution is 0.216. The molecule has 0 aliphatic rings. The number of benzene rings is 1. The Labute approximate surface area is 107 Å². The van der Waals surface area contributed by atoms with Gasteiger partial charge in [-0.15, -0.1) is 0 Å². The maximum atomic E-state index is 13.9. The molecule has 0 saturated heterocycles. The van der Waals surface area contributed by atoms with Crippen LogP contribution < -0.4 is 5.73 Å². The first-order chi connectivity index (χ1) is 9.18. The third kappa shape index (κ3) is 1.82. The average molecular weight is 258 g/mol. The summed E-state index contributed by atoms with van der Waals surface area (Å²) in [5.74, 6) is -0.610. The van der Waals surface area contributed by atoms with Crippen LogP contribution in [0.5, 0.6) is 0 Å². The highest BCUT2D eigenvalue weighted by Crippen LogP contribution is 2.30. The number of H-pyrrole nitrogens is 1. The minimum atomic E-state index is -1.12. The molecule has 0 radical (unpaired) electrons. The number of aromatic nitrogens is 3. The van der Waals surface area contributed by atoms with E-state index < -0.39 is 11.9 Å². The second-order valence-electron chi connectivity index (χ2n) is 4.18. The summed E-state index contributed by atoms with van der Waals surface area (Å²) in [7, 11) is 0. The maximum absolute atomic E-state index is 13.9. The molecule has 3 rings (SSSR count). The molecule has 0 saturated carbocycles. The molecule has 19 heavy (non-hydrogen) atoms. The number of hydrogen-bond donors (Lipinski definition) is 3. The highest BCUT2D eigenvalue weighted by Gasteiger charge is 2.20. The third-order valence-electron chi connectivity index (χ3n) is 3.04. The van der Waals surface area contributed by atoms with Crippen molar-refractivity contribution in [1.82, 2.24) is 15.0 Å². The zero-order chi connectivity index (χ0) is 13.4. The zero-order valence-corrected chi connectivity index (χ0v) is 9.84. The molecule has 0 spiro atoms. The van der Waals surface area contributed by atoms with E-state index in [0.717, 1.165) is 0 Å². The van der Waals surface area contributed by atoms with Gasteiger partial charge in [-0.3, -0.25) is 0 Å². The Morgan fingerprint density at radius 2 is 2.16 bits per heavy atom. The van der Waals surface area contributed by atoms with Crippen molar-refractivity contribution in [2.24, 2.45) is 0 Å². The number of hydrogen-bond acceptors (Lipinski definition) is 4. The summed E-state index contributed by atoms with van der Waals surface area (Å²) in [5.41, 5.74) is 6.75. The molecule has 5 nitrogen and oxygen atoms in total. The highest BCUT2D eigenvalue weighted by atomic mass is 19.1. The van der Waals surface area contributed by atoms with E-state index in [2.05, 4.69) is 15.0 Å². The first-order valence-electron chi connectivity index (χ1n) is 5.67. The molecule has 2 heterocycles. The van der Waals surface area contributed by atoms with E-state index in [1.165, 1.54) is 18.5 Å². The first-order valence-corrected chi connectivity index (χ1v) is 5.67. The monoisotopic (exact) mass is 258 g/mol. The van der Waals surface area contributed by atoms with E-state index in [1.54, 1.807) is 18.5 Å². The number of aliphatic hydroxyl groups excluding tert-OH is 1. The van der Waals surface area contributed by atoms with Crippen molar-refractivity contribution >= 4 is 16.7 Å². The van der Waals surface area contributed by atoms with Crippen molar-refractivity contribution in [2.75, 3.05) is 5.73 Å². The van der Waals surface area contributed by atoms with Gasteiger partial charge in [0.25, 0.3) is 0 Å². The first kappa shape index (κ1) is 11.6. The van der Waals surface area contributed by atoms with Crippen LogP contribution in [-0.4, -0.2) is 20.1 Å². The Morgan fingerprint density at radius 1 is 1.32 bits per heavy atom. The molecule has 96 valence electrons. The van der Waals surface area contributed by atoms with Crippen molar-refractivity contribution in [3.05, 3.63) is 53.9 Å². The number of fused-ring (bicyclic) bond motifs is 1. The molecule has 1 aromatic carbocycles. The summed E-state index contributed by atoms with van der Waals surface area (Å²) in [6.45, 7) is 0. The van der Waals surface area contributed by atoms with Gasteiger partial charge in [-0.05, 0) is 6.07 Å². The smallest absolute Gasteiger partial charge is 0.152 e. The minimum Gasteiger partial charge on any atom is -0.396 e. The summed E-state index contributed by atoms with van der Waals surface area (Å²) in [6.07, 6.45) is 3.44. The van der Waals surface area contributed by atoms with Gasteiger partial charge in [-0.1, -0.05) is 12.1 Å². The minimum absolute atomic E-state index is 0.00708. The fourth-order valence-corrected chi connectivity index (χ4v) is 2.05. The van der Waals surface area contributed by atoms with E-state index >= 15 is 0 Å². The lowest BCUT2D eigenvalue weighted by Gasteiger charge is -2.12. The van der Waals surface area contributed by atoms with Gasteiger partial charge in [0.05, 0.1) is 5.69 Å². The molecule has 0 bridgehead atoms. The van der Waals surface area contributed by atoms with Crippen LogP contribution >= 0.6 is 0 Å². The van der Waals surface area contributed by atoms with Gasteiger partial charge in [0.15, 0.2) is 5.82 Å². The molecule has 0 fully saturated rings. The Kier molecular flexibility index (Phi) is 2.64. The molecule has 6 heteroatoms. The Hall–Kier alpha value is -2.47. The van der Waals surface area contributed by atoms with E-state index in [0.29, 0.717) is 16.6 Å². The summed E-state index contributed by atoms with van der Waals surface area (Å²) in [6, 6.07) is 4.55. The van der Waals surface area contributed by atoms with Crippen LogP contribution in [0.1, 0.15) is 17.2 Å². The van der Waals surface area contributed by atoms with Crippen LogP contribution in [-0.2, 0) is 0 Å². The Morgan fingerprint density at radius 3 is 3.00 bits per heavy atom. The lowest BCUT2D eigenvalue weighted by atomic mass is 10.0. The average Bonchev–Trinajstić information content (AvgIpc) is 2.85. The largest absolute Gasteiger partial charge is 0.396 e. The maximum Gasteiger partial charge on any atom is 0.152 e. The second kappa shape index (κ2) is 4.33. The SMILES string of the molecule is Nc1cccc(C(O)c2c[nH]c3ncncc23)c1F. The molecule has 3 aromatic rings. The van der Waals surface area contributed by atoms with Crippen LogP contribution in [0.4, 0.5) is 10.1 Å². The third-order valence-corrected chi connectivity index (χ3v) is 3.04. The van der Waals surface area contributed by atoms with Gasteiger partial charge < -0.3 is 15.8 Å². The number of nitrogen functional groups attached to an aromatic ring is 1. The highest BCUT2D eigenvalue weighted by molar-refractivity contribution is 5.79. The van der Waals surface area contributed by atoms with Gasteiger partial charge >= 0.3 is 0 Å². The quantitative estimate of drug-likeness (QED) is 0.611. The Balaban J connectivity index is 2.13. The van der Waals surface area contributed by atoms with Crippen LogP contribution in [0.3, 0.4) is 0 Å². The van der Waals surface area contributed by atoms with E-state index in [4.69, 9.17) is 5.73 Å². The molecule has 0 aliphatic heterocycles. The van der Waals surface area contributed by atoms with Crippen molar-refractivity contribution < 1.29 is 9.50 Å². The molecule has 2 aromatic heterocycles. The standard InChI is InChI=1S/C13H11FN4O/c14-11-7(2-1-3-10(11)15)12(19)8-5-17-13-9(8)4-16-6-18-13/h1-6,12,19H,15H2,(H,16,17,18). The number of halogens is 1. The molecule has 0 aliphatic carbocycles. The molecule has 4 N–H and O–H groups in total. The van der Waals surface area contributed by atoms with Crippen LogP contribution in [0.2, 0.25) is 0 Å². The summed E-state index contributed by atoms with van der Waals surface area (Å²) < 4.78 is 13.9. The lowest BCUT2D eigenvalue weighted by Crippen LogP contribution is -2.04. The van der Waals surface area contributed by atoms with E-state index in [9.17, 15) is 9.50 Å². The number of nitrogens with one attached hydrogen (secondary N) is 1. The fraction of sp³-hybridized carbons (Fsp3) is 0.0769. The summed E-state index contributed by atoms with van der Waals surface area (Å²) in [5, 5.41) is 11.0. The number of nitrogens with zero attached hydrogens (tertiary/aromatic N) is 2. The number of aliphatic hydroxyl groups is 1. The number of anilines is 1. The second-order valence-corrected chi connectivity index (χ2v) is 4.18. The summed E-state index contributed by atoms with van der Waals surface area (Å²) in [4.78, 5) is 10.8. The fourth-order valence-electron chi connectivity index (χ4n) is 2.05. The predicted molar refractivity (Wildman–Crippen MR) is 68.8 cm³/mol. The van der Waals surface area contributed by atoms with Crippen LogP contribution in [0.25, 0.3) is 11.0 Å². The molecule has 1 unspecified atom stereocenters. The number of aromatic amines is 1. The van der Waals surface area contributed by atoms with E-state index in [-0.39, 0.29) is 11.3 Å². The van der Waals surface area contributed by atoms with Crippen molar-refractivity contribution in [3.8, 4) is 0 Å². The zero-order valence-electron chi connectivity index (χ0n) is 9.84. The molecular formula is C13H11FN4O. The normalized spacial score (nSPS) is 12.7. The van der Waals surface area contributed by atoms with Gasteiger partial charge in [-0.25, -0.2) is 14.4 Å². The van der Waals surface area contributed by atoms with Gasteiger partial charge in [0, 0.05) is 28.9 Å². The van der Waals surface area contributed by atoms with Crippen molar-refractivity contribution in [3.63, 3.8) is 0 Å². The number of nitrogens with two attached hydrogens (primary N) is 1. The van der Waals surface area contributed by atoms with Crippen LogP contribution in [0.15, 0.2) is 36.9 Å². The van der Waals surface area contributed by atoms with Gasteiger partial charge in [0.1, 0.15) is 18.1 Å². The van der Waals surface area contributed by atoms with Crippen LogP contribution in [0, 0.1) is 5.82 Å². The topological polar surface area (TPSA) is 87.8 Å². The van der Waals surface area contributed by atoms with Crippen molar-refractivity contribution in [1.29, 1.82) is 0 Å².